The van der Waals surface area contributed by atoms with Crippen molar-refractivity contribution in [3.05, 3.63) is 41.6 Å². The molecular weight excluding hydrogens is 274 g/mol. The fourth-order valence-corrected chi connectivity index (χ4v) is 2.03. The molecule has 0 radical (unpaired) electrons. The number of hydrogen-bond acceptors (Lipinski definition) is 4. The topological polar surface area (TPSA) is 46.2 Å². The summed E-state index contributed by atoms with van der Waals surface area (Å²) in [6.07, 6.45) is 2.83. The van der Waals surface area contributed by atoms with E-state index in [2.05, 4.69) is 22.5 Å². The van der Waals surface area contributed by atoms with Crippen molar-refractivity contribution in [1.82, 2.24) is 4.98 Å². The number of benzene rings is 1. The van der Waals surface area contributed by atoms with E-state index in [1.54, 1.807) is 13.3 Å². The Morgan fingerprint density at radius 2 is 2.00 bits per heavy atom. The second-order valence-corrected chi connectivity index (χ2v) is 4.74. The lowest BCUT2D eigenvalue weighted by Crippen LogP contribution is -2.02. The first kappa shape index (κ1) is 14.5. The molecule has 0 saturated carbocycles. The molecule has 0 spiro atoms. The Morgan fingerprint density at radius 1 is 1.20 bits per heavy atom. The van der Waals surface area contributed by atoms with E-state index in [1.807, 2.05) is 30.3 Å². The quantitative estimate of drug-likeness (QED) is 0.832. The summed E-state index contributed by atoms with van der Waals surface area (Å²) in [4.78, 5) is 4.27. The molecule has 0 unspecified atom stereocenters. The van der Waals surface area contributed by atoms with Gasteiger partial charge in [-0.1, -0.05) is 18.5 Å². The second-order valence-electron chi connectivity index (χ2n) is 4.33. The smallest absolute Gasteiger partial charge is 0.137 e. The number of rotatable bonds is 6. The van der Waals surface area contributed by atoms with Gasteiger partial charge in [-0.05, 0) is 30.7 Å². The first-order valence-corrected chi connectivity index (χ1v) is 6.91. The Balaban J connectivity index is 2.11. The zero-order chi connectivity index (χ0) is 14.4. The van der Waals surface area contributed by atoms with E-state index in [4.69, 9.17) is 16.3 Å². The molecule has 1 aromatic heterocycles. The normalized spacial score (nSPS) is 10.2. The van der Waals surface area contributed by atoms with Crippen molar-refractivity contribution in [2.45, 2.75) is 13.3 Å². The number of nitrogens with one attached hydrogen (secondary N) is 2. The van der Waals surface area contributed by atoms with Crippen molar-refractivity contribution < 1.29 is 4.74 Å². The number of halogens is 1. The third-order valence-electron chi connectivity index (χ3n) is 2.76. The molecule has 2 rings (SSSR count). The van der Waals surface area contributed by atoms with Crippen LogP contribution in [0.4, 0.5) is 17.2 Å². The maximum absolute atomic E-state index is 6.11. The molecular formula is C15H18ClN3O. The van der Waals surface area contributed by atoms with Crippen LogP contribution >= 0.6 is 11.6 Å². The van der Waals surface area contributed by atoms with Crippen LogP contribution in [0.3, 0.4) is 0 Å². The number of hydrogen-bond donors (Lipinski definition) is 2. The van der Waals surface area contributed by atoms with Crippen LogP contribution < -0.4 is 15.4 Å². The van der Waals surface area contributed by atoms with Gasteiger partial charge in [-0.25, -0.2) is 4.98 Å². The van der Waals surface area contributed by atoms with Crippen LogP contribution in [0.15, 0.2) is 36.5 Å². The average Bonchev–Trinajstić information content (AvgIpc) is 2.46. The third-order valence-corrected chi connectivity index (χ3v) is 3.05. The third kappa shape index (κ3) is 3.78. The highest BCUT2D eigenvalue weighted by Crippen LogP contribution is 2.29. The van der Waals surface area contributed by atoms with E-state index in [1.165, 1.54) is 0 Å². The van der Waals surface area contributed by atoms with Gasteiger partial charge < -0.3 is 15.4 Å². The molecule has 4 nitrogen and oxygen atoms in total. The van der Waals surface area contributed by atoms with Crippen LogP contribution in [0.2, 0.25) is 5.02 Å². The first-order chi connectivity index (χ1) is 9.72. The number of aromatic nitrogens is 1. The van der Waals surface area contributed by atoms with Crippen molar-refractivity contribution in [3.8, 4) is 5.75 Å². The molecule has 0 bridgehead atoms. The Labute approximate surface area is 124 Å². The van der Waals surface area contributed by atoms with Gasteiger partial charge in [-0.2, -0.15) is 0 Å². The minimum atomic E-state index is 0.580. The zero-order valence-corrected chi connectivity index (χ0v) is 12.4. The maximum atomic E-state index is 6.11. The fraction of sp³-hybridized carbons (Fsp3) is 0.267. The Morgan fingerprint density at radius 3 is 2.70 bits per heavy atom. The maximum Gasteiger partial charge on any atom is 0.137 e. The predicted molar refractivity (Wildman–Crippen MR) is 84.3 cm³/mol. The lowest BCUT2D eigenvalue weighted by atomic mass is 10.3. The lowest BCUT2D eigenvalue weighted by molar-refractivity contribution is 0.415. The van der Waals surface area contributed by atoms with Crippen LogP contribution in [-0.4, -0.2) is 18.6 Å². The van der Waals surface area contributed by atoms with Crippen LogP contribution in [-0.2, 0) is 0 Å². The van der Waals surface area contributed by atoms with E-state index in [-0.39, 0.29) is 0 Å². The van der Waals surface area contributed by atoms with Crippen LogP contribution in [0.5, 0.6) is 5.75 Å². The minimum Gasteiger partial charge on any atom is -0.495 e. The van der Waals surface area contributed by atoms with Crippen molar-refractivity contribution >= 4 is 28.8 Å². The highest BCUT2D eigenvalue weighted by molar-refractivity contribution is 6.32. The Bertz CT molecular complexity index is 575. The van der Waals surface area contributed by atoms with Gasteiger partial charge in [-0.3, -0.25) is 0 Å². The van der Waals surface area contributed by atoms with E-state index in [0.29, 0.717) is 10.8 Å². The Kier molecular flexibility index (Phi) is 5.07. The van der Waals surface area contributed by atoms with Gasteiger partial charge in [0.25, 0.3) is 0 Å². The van der Waals surface area contributed by atoms with Gasteiger partial charge in [0.15, 0.2) is 0 Å². The summed E-state index contributed by atoms with van der Waals surface area (Å²) in [6, 6.07) is 9.47. The van der Waals surface area contributed by atoms with Gasteiger partial charge in [-0.15, -0.1) is 0 Å². The minimum absolute atomic E-state index is 0.580. The van der Waals surface area contributed by atoms with Crippen LogP contribution in [0.25, 0.3) is 0 Å². The molecule has 0 atom stereocenters. The monoisotopic (exact) mass is 291 g/mol. The molecule has 2 aromatic rings. The second kappa shape index (κ2) is 7.01. The molecule has 0 fully saturated rings. The summed E-state index contributed by atoms with van der Waals surface area (Å²) in [6.45, 7) is 3.03. The van der Waals surface area contributed by atoms with Crippen molar-refractivity contribution in [1.29, 1.82) is 0 Å². The van der Waals surface area contributed by atoms with Crippen LogP contribution in [0.1, 0.15) is 13.3 Å². The standard InChI is InChI=1S/C15H18ClN3O/c1-3-7-17-15-10-12(6-8-18-15)19-11-4-5-14(20-2)13(16)9-11/h4-6,8-10H,3,7H2,1-2H3,(H2,17,18,19). The molecule has 1 heterocycles. The molecule has 20 heavy (non-hydrogen) atoms. The van der Waals surface area contributed by atoms with Gasteiger partial charge >= 0.3 is 0 Å². The van der Waals surface area contributed by atoms with E-state index < -0.39 is 0 Å². The summed E-state index contributed by atoms with van der Waals surface area (Å²) in [5.41, 5.74) is 1.86. The molecule has 0 aliphatic carbocycles. The van der Waals surface area contributed by atoms with E-state index in [9.17, 15) is 0 Å². The SMILES string of the molecule is CCCNc1cc(Nc2ccc(OC)c(Cl)c2)ccn1. The number of methoxy groups -OCH3 is 1. The lowest BCUT2D eigenvalue weighted by Gasteiger charge is -2.10. The van der Waals surface area contributed by atoms with Crippen LogP contribution in [0, 0.1) is 0 Å². The molecule has 5 heteroatoms. The fourth-order valence-electron chi connectivity index (χ4n) is 1.77. The van der Waals surface area contributed by atoms with E-state index in [0.717, 1.165) is 30.2 Å². The Hall–Kier alpha value is -1.94. The van der Waals surface area contributed by atoms with Crippen molar-refractivity contribution in [2.24, 2.45) is 0 Å². The molecule has 2 N–H and O–H groups in total. The van der Waals surface area contributed by atoms with Gasteiger partial charge in [0.1, 0.15) is 11.6 Å². The van der Waals surface area contributed by atoms with Gasteiger partial charge in [0.05, 0.1) is 12.1 Å². The van der Waals surface area contributed by atoms with Gasteiger partial charge in [0, 0.05) is 30.2 Å². The first-order valence-electron chi connectivity index (χ1n) is 6.53. The average molecular weight is 292 g/mol. The summed E-state index contributed by atoms with van der Waals surface area (Å²) in [7, 11) is 1.60. The molecule has 0 saturated heterocycles. The molecule has 1 aromatic carbocycles. The highest BCUT2D eigenvalue weighted by Gasteiger charge is 2.03. The van der Waals surface area contributed by atoms with E-state index >= 15 is 0 Å². The molecule has 0 amide bonds. The summed E-state index contributed by atoms with van der Waals surface area (Å²) in [5.74, 6) is 1.52. The molecule has 106 valence electrons. The van der Waals surface area contributed by atoms with Gasteiger partial charge in [0.2, 0.25) is 0 Å². The molecule has 0 aliphatic heterocycles. The number of pyridine rings is 1. The number of anilines is 3. The summed E-state index contributed by atoms with van der Waals surface area (Å²) < 4.78 is 5.13. The van der Waals surface area contributed by atoms with Crippen molar-refractivity contribution in [2.75, 3.05) is 24.3 Å². The number of ether oxygens (including phenoxy) is 1. The summed E-state index contributed by atoms with van der Waals surface area (Å²) >= 11 is 6.11. The summed E-state index contributed by atoms with van der Waals surface area (Å²) in [5, 5.41) is 7.13. The zero-order valence-electron chi connectivity index (χ0n) is 11.6. The number of nitrogens with zero attached hydrogens (tertiary/aromatic N) is 1. The molecule has 0 aliphatic rings. The highest BCUT2D eigenvalue weighted by atomic mass is 35.5. The van der Waals surface area contributed by atoms with Crippen molar-refractivity contribution in [3.63, 3.8) is 0 Å². The predicted octanol–water partition coefficient (Wildman–Crippen LogP) is 4.31. The largest absolute Gasteiger partial charge is 0.495 e.